The minimum atomic E-state index is -0.627. The zero-order valence-electron chi connectivity index (χ0n) is 17.4. The Morgan fingerprint density at radius 3 is 2.15 bits per heavy atom. The maximum absolute atomic E-state index is 12.6. The fraction of sp³-hybridized carbons (Fsp3) is 0.905. The van der Waals surface area contributed by atoms with Gasteiger partial charge in [0, 0.05) is 6.54 Å². The summed E-state index contributed by atoms with van der Waals surface area (Å²) in [5, 5.41) is 12.3. The number of rotatable bonds is 14. The molecule has 1 fully saturated rings. The van der Waals surface area contributed by atoms with E-state index in [4.69, 9.17) is 4.74 Å². The fourth-order valence-corrected chi connectivity index (χ4v) is 4.21. The summed E-state index contributed by atoms with van der Waals surface area (Å²) >= 11 is 0. The van der Waals surface area contributed by atoms with Crippen LogP contribution in [0.15, 0.2) is 0 Å². The second-order valence-corrected chi connectivity index (χ2v) is 7.92. The number of ether oxygens (including phenoxy) is 1. The van der Waals surface area contributed by atoms with Crippen LogP contribution in [-0.2, 0) is 21.5 Å². The molecule has 0 radical (unpaired) electrons. The molecule has 0 aliphatic heterocycles. The molecule has 0 saturated heterocycles. The van der Waals surface area contributed by atoms with Crippen LogP contribution < -0.4 is 0 Å². The third-order valence-electron chi connectivity index (χ3n) is 5.81. The fourth-order valence-electron chi connectivity index (χ4n) is 4.21. The van der Waals surface area contributed by atoms with E-state index in [-0.39, 0.29) is 5.97 Å². The molecule has 0 amide bonds. The van der Waals surface area contributed by atoms with E-state index >= 15 is 0 Å². The quantitative estimate of drug-likeness (QED) is 0.338. The molecular formula is C21H38N4O2. The predicted octanol–water partition coefficient (Wildman–Crippen LogP) is 4.97. The van der Waals surface area contributed by atoms with Gasteiger partial charge in [-0.25, -0.2) is 4.68 Å². The maximum Gasteiger partial charge on any atom is 0.319 e. The minimum absolute atomic E-state index is 0.151. The van der Waals surface area contributed by atoms with Crippen LogP contribution in [0.2, 0.25) is 0 Å². The molecule has 0 aromatic carbocycles. The number of esters is 1. The van der Waals surface area contributed by atoms with Gasteiger partial charge in [0.2, 0.25) is 0 Å². The average Bonchev–Trinajstić information content (AvgIpc) is 3.33. The van der Waals surface area contributed by atoms with Crippen LogP contribution in [-0.4, -0.2) is 32.8 Å². The molecule has 6 nitrogen and oxygen atoms in total. The Labute approximate surface area is 164 Å². The van der Waals surface area contributed by atoms with Crippen molar-refractivity contribution in [3.05, 3.63) is 5.82 Å². The Bertz CT molecular complexity index is 538. The molecule has 154 valence electrons. The van der Waals surface area contributed by atoms with E-state index in [9.17, 15) is 4.79 Å². The topological polar surface area (TPSA) is 69.9 Å². The van der Waals surface area contributed by atoms with Gasteiger partial charge in [-0.15, -0.1) is 5.10 Å². The largest absolute Gasteiger partial charge is 0.465 e. The third kappa shape index (κ3) is 6.28. The SMILES string of the molecule is CCCCCCCCCCCCn1nnnc1C1(C(=O)OCC)CCCC1. The van der Waals surface area contributed by atoms with E-state index < -0.39 is 5.41 Å². The maximum atomic E-state index is 12.6. The highest BCUT2D eigenvalue weighted by atomic mass is 16.5. The van der Waals surface area contributed by atoms with E-state index in [1.54, 1.807) is 0 Å². The van der Waals surface area contributed by atoms with Crippen molar-refractivity contribution >= 4 is 5.97 Å². The molecule has 1 aliphatic rings. The standard InChI is InChI=1S/C21H38N4O2/c1-3-5-6-7-8-9-10-11-12-15-18-25-19(22-23-24-25)21(16-13-14-17-21)20(26)27-4-2/h3-18H2,1-2H3. The van der Waals surface area contributed by atoms with Crippen LogP contribution in [0.5, 0.6) is 0 Å². The van der Waals surface area contributed by atoms with Crippen molar-refractivity contribution in [2.45, 2.75) is 116 Å². The molecule has 1 aromatic heterocycles. The number of tetrazole rings is 1. The van der Waals surface area contributed by atoms with Gasteiger partial charge < -0.3 is 4.74 Å². The van der Waals surface area contributed by atoms with Gasteiger partial charge in [0.15, 0.2) is 5.82 Å². The lowest BCUT2D eigenvalue weighted by Crippen LogP contribution is -2.38. The summed E-state index contributed by atoms with van der Waals surface area (Å²) in [7, 11) is 0. The van der Waals surface area contributed by atoms with Crippen molar-refractivity contribution in [3.8, 4) is 0 Å². The van der Waals surface area contributed by atoms with Gasteiger partial charge in [-0.3, -0.25) is 4.79 Å². The molecule has 6 heteroatoms. The number of aromatic nitrogens is 4. The van der Waals surface area contributed by atoms with Crippen molar-refractivity contribution in [2.24, 2.45) is 0 Å². The minimum Gasteiger partial charge on any atom is -0.465 e. The van der Waals surface area contributed by atoms with E-state index in [1.165, 1.54) is 57.8 Å². The molecule has 0 unspecified atom stereocenters. The Hall–Kier alpha value is -1.46. The summed E-state index contributed by atoms with van der Waals surface area (Å²) in [6.45, 7) is 5.31. The summed E-state index contributed by atoms with van der Waals surface area (Å²) in [6.07, 6.45) is 16.7. The van der Waals surface area contributed by atoms with Crippen molar-refractivity contribution < 1.29 is 9.53 Å². The first-order valence-corrected chi connectivity index (χ1v) is 11.2. The summed E-state index contributed by atoms with van der Waals surface area (Å²) < 4.78 is 7.22. The second-order valence-electron chi connectivity index (χ2n) is 7.92. The summed E-state index contributed by atoms with van der Waals surface area (Å²) in [5.41, 5.74) is -0.627. The molecule has 0 spiro atoms. The van der Waals surface area contributed by atoms with Gasteiger partial charge in [-0.05, 0) is 36.6 Å². The van der Waals surface area contributed by atoms with Crippen molar-refractivity contribution in [3.63, 3.8) is 0 Å². The molecule has 1 heterocycles. The highest BCUT2D eigenvalue weighted by Crippen LogP contribution is 2.41. The van der Waals surface area contributed by atoms with Crippen LogP contribution in [0.1, 0.15) is 110 Å². The van der Waals surface area contributed by atoms with E-state index in [1.807, 2.05) is 11.6 Å². The monoisotopic (exact) mass is 378 g/mol. The molecule has 0 N–H and O–H groups in total. The van der Waals surface area contributed by atoms with Crippen molar-refractivity contribution in [1.29, 1.82) is 0 Å². The first kappa shape index (κ1) is 21.8. The van der Waals surface area contributed by atoms with Gasteiger partial charge in [0.25, 0.3) is 0 Å². The van der Waals surface area contributed by atoms with Crippen molar-refractivity contribution in [2.75, 3.05) is 6.61 Å². The lowest BCUT2D eigenvalue weighted by molar-refractivity contribution is -0.150. The van der Waals surface area contributed by atoms with Gasteiger partial charge in [0.1, 0.15) is 5.41 Å². The third-order valence-corrected chi connectivity index (χ3v) is 5.81. The average molecular weight is 379 g/mol. The van der Waals surface area contributed by atoms with Crippen molar-refractivity contribution in [1.82, 2.24) is 20.2 Å². The lowest BCUT2D eigenvalue weighted by Gasteiger charge is -2.25. The number of carbonyl (C=O) groups is 1. The van der Waals surface area contributed by atoms with Crippen LogP contribution >= 0.6 is 0 Å². The zero-order chi connectivity index (χ0) is 19.4. The number of hydrogen-bond acceptors (Lipinski definition) is 5. The first-order chi connectivity index (χ1) is 13.2. The van der Waals surface area contributed by atoms with Crippen LogP contribution in [0, 0.1) is 0 Å². The Morgan fingerprint density at radius 1 is 0.963 bits per heavy atom. The molecule has 0 atom stereocenters. The smallest absolute Gasteiger partial charge is 0.319 e. The number of aryl methyl sites for hydroxylation is 1. The molecule has 1 saturated carbocycles. The van der Waals surface area contributed by atoms with E-state index in [0.717, 1.165) is 44.5 Å². The molecule has 27 heavy (non-hydrogen) atoms. The van der Waals surface area contributed by atoms with Gasteiger partial charge in [0.05, 0.1) is 6.61 Å². The highest BCUT2D eigenvalue weighted by molar-refractivity contribution is 5.82. The number of nitrogens with zero attached hydrogens (tertiary/aromatic N) is 4. The van der Waals surface area contributed by atoms with E-state index in [2.05, 4.69) is 22.4 Å². The molecule has 2 rings (SSSR count). The highest BCUT2D eigenvalue weighted by Gasteiger charge is 2.48. The molecule has 1 aromatic rings. The summed E-state index contributed by atoms with van der Waals surface area (Å²) in [6, 6.07) is 0. The summed E-state index contributed by atoms with van der Waals surface area (Å²) in [4.78, 5) is 12.6. The molecule has 1 aliphatic carbocycles. The molecule has 0 bridgehead atoms. The zero-order valence-corrected chi connectivity index (χ0v) is 17.4. The number of carbonyl (C=O) groups excluding carboxylic acids is 1. The van der Waals surface area contributed by atoms with Gasteiger partial charge in [-0.1, -0.05) is 77.6 Å². The van der Waals surface area contributed by atoms with Gasteiger partial charge in [-0.2, -0.15) is 0 Å². The second kappa shape index (κ2) is 12.1. The Kier molecular flexibility index (Phi) is 9.78. The summed E-state index contributed by atoms with van der Waals surface area (Å²) in [5.74, 6) is 0.566. The lowest BCUT2D eigenvalue weighted by atomic mass is 9.85. The van der Waals surface area contributed by atoms with Crippen LogP contribution in [0.4, 0.5) is 0 Å². The Morgan fingerprint density at radius 2 is 1.56 bits per heavy atom. The number of unbranched alkanes of at least 4 members (excludes halogenated alkanes) is 9. The Balaban J connectivity index is 1.74. The first-order valence-electron chi connectivity index (χ1n) is 11.2. The predicted molar refractivity (Wildman–Crippen MR) is 106 cm³/mol. The van der Waals surface area contributed by atoms with Gasteiger partial charge >= 0.3 is 5.97 Å². The van der Waals surface area contributed by atoms with E-state index in [0.29, 0.717) is 6.61 Å². The number of hydrogen-bond donors (Lipinski definition) is 0. The van der Waals surface area contributed by atoms with Crippen LogP contribution in [0.25, 0.3) is 0 Å². The molecular weight excluding hydrogens is 340 g/mol. The van der Waals surface area contributed by atoms with Crippen LogP contribution in [0.3, 0.4) is 0 Å². The normalized spacial score (nSPS) is 15.9.